The molecule has 1 fully saturated rings. The van der Waals surface area contributed by atoms with Crippen molar-refractivity contribution in [2.75, 3.05) is 19.7 Å². The fourth-order valence-electron chi connectivity index (χ4n) is 3.47. The molecule has 1 aromatic heterocycles. The molecule has 1 atom stereocenters. The molecule has 2 N–H and O–H groups in total. The SMILES string of the molecule is CC(C)(C)c1oc(C(N)=O)cc1CN1CCO[C@H](Cc2ccccc2)C1. The van der Waals surface area contributed by atoms with Crippen molar-refractivity contribution >= 4 is 5.91 Å². The monoisotopic (exact) mass is 356 g/mol. The van der Waals surface area contributed by atoms with Gasteiger partial charge in [-0.25, -0.2) is 0 Å². The van der Waals surface area contributed by atoms with E-state index in [0.29, 0.717) is 6.61 Å². The second-order valence-corrected chi connectivity index (χ2v) is 8.00. The normalized spacial score (nSPS) is 18.8. The molecule has 26 heavy (non-hydrogen) atoms. The van der Waals surface area contributed by atoms with Crippen LogP contribution in [0.2, 0.25) is 0 Å². The van der Waals surface area contributed by atoms with Crippen LogP contribution in [-0.4, -0.2) is 36.6 Å². The zero-order chi connectivity index (χ0) is 18.7. The standard InChI is InChI=1S/C21H28N2O3/c1-21(2,3)19-16(12-18(26-19)20(22)24)13-23-9-10-25-17(14-23)11-15-7-5-4-6-8-15/h4-8,12,17H,9-11,13-14H2,1-3H3,(H2,22,24)/t17-/m1/s1. The third-order valence-corrected chi connectivity index (χ3v) is 4.66. The molecule has 1 aliphatic heterocycles. The van der Waals surface area contributed by atoms with E-state index in [9.17, 15) is 4.79 Å². The molecule has 1 aromatic carbocycles. The predicted octanol–water partition coefficient (Wildman–Crippen LogP) is 3.12. The van der Waals surface area contributed by atoms with Gasteiger partial charge in [0.2, 0.25) is 0 Å². The number of amides is 1. The molecule has 2 heterocycles. The summed E-state index contributed by atoms with van der Waals surface area (Å²) < 4.78 is 11.7. The zero-order valence-electron chi connectivity index (χ0n) is 15.8. The maximum absolute atomic E-state index is 11.5. The number of carbonyl (C=O) groups excluding carboxylic acids is 1. The number of morpholine rings is 1. The van der Waals surface area contributed by atoms with Crippen LogP contribution in [0.4, 0.5) is 0 Å². The van der Waals surface area contributed by atoms with Crippen LogP contribution in [0.15, 0.2) is 40.8 Å². The minimum absolute atomic E-state index is 0.173. The van der Waals surface area contributed by atoms with Gasteiger partial charge in [0.15, 0.2) is 5.76 Å². The van der Waals surface area contributed by atoms with E-state index in [2.05, 4.69) is 49.9 Å². The van der Waals surface area contributed by atoms with Gasteiger partial charge in [0.25, 0.3) is 5.91 Å². The highest BCUT2D eigenvalue weighted by atomic mass is 16.5. The highest BCUT2D eigenvalue weighted by Crippen LogP contribution is 2.30. The van der Waals surface area contributed by atoms with Crippen molar-refractivity contribution in [2.45, 2.75) is 45.3 Å². The Bertz CT molecular complexity index is 746. The van der Waals surface area contributed by atoms with Crippen molar-refractivity contribution in [2.24, 2.45) is 5.73 Å². The largest absolute Gasteiger partial charge is 0.455 e. The van der Waals surface area contributed by atoms with Crippen molar-refractivity contribution in [3.63, 3.8) is 0 Å². The lowest BCUT2D eigenvalue weighted by molar-refractivity contribution is -0.0307. The quantitative estimate of drug-likeness (QED) is 0.894. The third-order valence-electron chi connectivity index (χ3n) is 4.66. The Balaban J connectivity index is 1.71. The van der Waals surface area contributed by atoms with Crippen LogP contribution < -0.4 is 5.73 Å². The first-order valence-corrected chi connectivity index (χ1v) is 9.14. The molecule has 3 rings (SSSR count). The Hall–Kier alpha value is -2.11. The number of ether oxygens (including phenoxy) is 1. The summed E-state index contributed by atoms with van der Waals surface area (Å²) >= 11 is 0. The lowest BCUT2D eigenvalue weighted by atomic mass is 9.90. The van der Waals surface area contributed by atoms with Gasteiger partial charge in [-0.3, -0.25) is 9.69 Å². The lowest BCUT2D eigenvalue weighted by Gasteiger charge is -2.33. The highest BCUT2D eigenvalue weighted by Gasteiger charge is 2.28. The average Bonchev–Trinajstić information content (AvgIpc) is 3.00. The zero-order valence-corrected chi connectivity index (χ0v) is 15.8. The van der Waals surface area contributed by atoms with Gasteiger partial charge < -0.3 is 14.9 Å². The number of hydrogen-bond acceptors (Lipinski definition) is 4. The van der Waals surface area contributed by atoms with E-state index in [1.807, 2.05) is 6.07 Å². The second-order valence-electron chi connectivity index (χ2n) is 8.00. The number of carbonyl (C=O) groups is 1. The van der Waals surface area contributed by atoms with Gasteiger partial charge in [-0.15, -0.1) is 0 Å². The lowest BCUT2D eigenvalue weighted by Crippen LogP contribution is -2.43. The molecule has 0 spiro atoms. The van der Waals surface area contributed by atoms with Crippen LogP contribution in [0.1, 0.15) is 48.2 Å². The van der Waals surface area contributed by atoms with Crippen LogP contribution in [0.25, 0.3) is 0 Å². The summed E-state index contributed by atoms with van der Waals surface area (Å²) in [5, 5.41) is 0. The molecular weight excluding hydrogens is 328 g/mol. The highest BCUT2D eigenvalue weighted by molar-refractivity contribution is 5.90. The van der Waals surface area contributed by atoms with E-state index in [1.165, 1.54) is 5.56 Å². The minimum Gasteiger partial charge on any atom is -0.455 e. The predicted molar refractivity (Wildman–Crippen MR) is 101 cm³/mol. The summed E-state index contributed by atoms with van der Waals surface area (Å²) in [6.07, 6.45) is 1.08. The first kappa shape index (κ1) is 18.7. The third kappa shape index (κ3) is 4.54. The Morgan fingerprint density at radius 2 is 2.00 bits per heavy atom. The molecule has 0 saturated carbocycles. The number of nitrogens with zero attached hydrogens (tertiary/aromatic N) is 1. The summed E-state index contributed by atoms with van der Waals surface area (Å²) in [4.78, 5) is 13.9. The molecule has 1 aliphatic rings. The first-order valence-electron chi connectivity index (χ1n) is 9.14. The molecular formula is C21H28N2O3. The number of primary amides is 1. The van der Waals surface area contributed by atoms with E-state index >= 15 is 0 Å². The summed E-state index contributed by atoms with van der Waals surface area (Å²) in [6.45, 7) is 9.41. The van der Waals surface area contributed by atoms with Gasteiger partial charge in [0.05, 0.1) is 12.7 Å². The molecule has 0 aliphatic carbocycles. The van der Waals surface area contributed by atoms with E-state index in [4.69, 9.17) is 14.9 Å². The molecule has 1 saturated heterocycles. The molecule has 0 radical (unpaired) electrons. The number of rotatable bonds is 5. The number of nitrogens with two attached hydrogens (primary N) is 1. The first-order chi connectivity index (χ1) is 12.3. The molecule has 5 nitrogen and oxygen atoms in total. The summed E-state index contributed by atoms with van der Waals surface area (Å²) in [5.41, 5.74) is 7.55. The van der Waals surface area contributed by atoms with Gasteiger partial charge in [-0.1, -0.05) is 51.1 Å². The molecule has 2 aromatic rings. The van der Waals surface area contributed by atoms with Crippen LogP contribution in [0.5, 0.6) is 0 Å². The van der Waals surface area contributed by atoms with Crippen molar-refractivity contribution in [3.8, 4) is 0 Å². The van der Waals surface area contributed by atoms with Gasteiger partial charge in [0.1, 0.15) is 5.76 Å². The van der Waals surface area contributed by atoms with E-state index < -0.39 is 5.91 Å². The fourth-order valence-corrected chi connectivity index (χ4v) is 3.47. The second kappa shape index (κ2) is 7.64. The van der Waals surface area contributed by atoms with Crippen LogP contribution >= 0.6 is 0 Å². The van der Waals surface area contributed by atoms with Gasteiger partial charge >= 0.3 is 0 Å². The molecule has 5 heteroatoms. The molecule has 0 bridgehead atoms. The Kier molecular flexibility index (Phi) is 5.49. The molecule has 1 amide bonds. The summed E-state index contributed by atoms with van der Waals surface area (Å²) in [7, 11) is 0. The molecule has 140 valence electrons. The molecule has 0 unspecified atom stereocenters. The summed E-state index contributed by atoms with van der Waals surface area (Å²) in [5.74, 6) is 0.544. The minimum atomic E-state index is -0.523. The van der Waals surface area contributed by atoms with Crippen molar-refractivity contribution < 1.29 is 13.9 Å². The van der Waals surface area contributed by atoms with Crippen LogP contribution in [-0.2, 0) is 23.1 Å². The van der Waals surface area contributed by atoms with Crippen molar-refractivity contribution in [1.29, 1.82) is 0 Å². The van der Waals surface area contributed by atoms with E-state index in [1.54, 1.807) is 6.07 Å². The number of benzene rings is 1. The smallest absolute Gasteiger partial charge is 0.284 e. The Morgan fingerprint density at radius 1 is 1.27 bits per heavy atom. The van der Waals surface area contributed by atoms with Gasteiger partial charge in [0, 0.05) is 30.6 Å². The van der Waals surface area contributed by atoms with Crippen molar-refractivity contribution in [1.82, 2.24) is 4.90 Å². The Morgan fingerprint density at radius 3 is 2.65 bits per heavy atom. The van der Waals surface area contributed by atoms with Crippen molar-refractivity contribution in [3.05, 3.63) is 59.0 Å². The fraction of sp³-hybridized carbons (Fsp3) is 0.476. The van der Waals surface area contributed by atoms with E-state index in [0.717, 1.165) is 37.4 Å². The van der Waals surface area contributed by atoms with Gasteiger partial charge in [-0.2, -0.15) is 0 Å². The van der Waals surface area contributed by atoms with Gasteiger partial charge in [-0.05, 0) is 18.1 Å². The average molecular weight is 356 g/mol. The number of hydrogen-bond donors (Lipinski definition) is 1. The van der Waals surface area contributed by atoms with Crippen LogP contribution in [0, 0.1) is 0 Å². The maximum Gasteiger partial charge on any atom is 0.284 e. The van der Waals surface area contributed by atoms with E-state index in [-0.39, 0.29) is 17.3 Å². The number of furan rings is 1. The Labute approximate surface area is 155 Å². The maximum atomic E-state index is 11.5. The van der Waals surface area contributed by atoms with Crippen LogP contribution in [0.3, 0.4) is 0 Å². The topological polar surface area (TPSA) is 68.7 Å². The summed E-state index contributed by atoms with van der Waals surface area (Å²) in [6, 6.07) is 12.2.